The molecule has 3 N–H and O–H groups in total. The fourth-order valence-electron chi connectivity index (χ4n) is 1.58. The summed E-state index contributed by atoms with van der Waals surface area (Å²) in [6.45, 7) is 2.57. The lowest BCUT2D eigenvalue weighted by molar-refractivity contribution is 0.440. The molecule has 0 radical (unpaired) electrons. The highest BCUT2D eigenvalue weighted by atomic mass is 32.1. The summed E-state index contributed by atoms with van der Waals surface area (Å²) in [5.74, 6) is 0.334. The Kier molecular flexibility index (Phi) is 3.61. The maximum atomic E-state index is 9.70. The predicted molar refractivity (Wildman–Crippen MR) is 67.1 cm³/mol. The molecule has 0 aliphatic heterocycles. The SMILES string of the molecule is CC(NCc1cscn1)c1cc(O)ccc1O. The number of nitrogens with zero attached hydrogens (tertiary/aromatic N) is 1. The number of aromatic hydroxyl groups is 2. The second-order valence-electron chi connectivity index (χ2n) is 3.83. The van der Waals surface area contributed by atoms with Gasteiger partial charge < -0.3 is 15.5 Å². The van der Waals surface area contributed by atoms with Crippen LogP contribution in [0.1, 0.15) is 24.2 Å². The highest BCUT2D eigenvalue weighted by Gasteiger charge is 2.11. The number of rotatable bonds is 4. The molecule has 5 heteroatoms. The Bertz CT molecular complexity index is 485. The molecule has 2 rings (SSSR count). The highest BCUT2D eigenvalue weighted by Crippen LogP contribution is 2.27. The number of benzene rings is 1. The molecule has 1 aromatic heterocycles. The highest BCUT2D eigenvalue weighted by molar-refractivity contribution is 7.07. The Balaban J connectivity index is 2.04. The normalized spacial score (nSPS) is 12.5. The van der Waals surface area contributed by atoms with Crippen LogP contribution in [0.4, 0.5) is 0 Å². The van der Waals surface area contributed by atoms with E-state index in [4.69, 9.17) is 0 Å². The van der Waals surface area contributed by atoms with Crippen molar-refractivity contribution in [1.82, 2.24) is 10.3 Å². The zero-order valence-electron chi connectivity index (χ0n) is 9.42. The zero-order valence-corrected chi connectivity index (χ0v) is 10.2. The number of thiazole rings is 1. The summed E-state index contributed by atoms with van der Waals surface area (Å²) in [6.07, 6.45) is 0. The van der Waals surface area contributed by atoms with Crippen molar-refractivity contribution in [2.45, 2.75) is 19.5 Å². The van der Waals surface area contributed by atoms with Crippen molar-refractivity contribution in [3.8, 4) is 11.5 Å². The van der Waals surface area contributed by atoms with Crippen LogP contribution in [0.3, 0.4) is 0 Å². The Morgan fingerprint density at radius 2 is 2.24 bits per heavy atom. The van der Waals surface area contributed by atoms with Crippen molar-refractivity contribution < 1.29 is 10.2 Å². The van der Waals surface area contributed by atoms with Crippen LogP contribution < -0.4 is 5.32 Å². The molecule has 0 fully saturated rings. The summed E-state index contributed by atoms with van der Waals surface area (Å²) < 4.78 is 0. The lowest BCUT2D eigenvalue weighted by Crippen LogP contribution is -2.18. The molecule has 1 heterocycles. The minimum absolute atomic E-state index is 0.0520. The minimum atomic E-state index is -0.0520. The smallest absolute Gasteiger partial charge is 0.120 e. The molecule has 90 valence electrons. The lowest BCUT2D eigenvalue weighted by atomic mass is 10.1. The fourth-order valence-corrected chi connectivity index (χ4v) is 2.14. The fraction of sp³-hybridized carbons (Fsp3) is 0.250. The van der Waals surface area contributed by atoms with Crippen molar-refractivity contribution in [2.75, 3.05) is 0 Å². The van der Waals surface area contributed by atoms with E-state index in [1.165, 1.54) is 12.1 Å². The molecule has 0 saturated heterocycles. The van der Waals surface area contributed by atoms with Crippen molar-refractivity contribution in [1.29, 1.82) is 0 Å². The van der Waals surface area contributed by atoms with Gasteiger partial charge in [-0.25, -0.2) is 4.98 Å². The van der Waals surface area contributed by atoms with Gasteiger partial charge in [-0.15, -0.1) is 11.3 Å². The number of aromatic nitrogens is 1. The number of nitrogens with one attached hydrogen (secondary N) is 1. The quantitative estimate of drug-likeness (QED) is 0.729. The molecule has 0 aliphatic carbocycles. The lowest BCUT2D eigenvalue weighted by Gasteiger charge is -2.15. The molecule has 1 atom stereocenters. The average molecular weight is 250 g/mol. The van der Waals surface area contributed by atoms with E-state index >= 15 is 0 Å². The maximum Gasteiger partial charge on any atom is 0.120 e. The van der Waals surface area contributed by atoms with Crippen LogP contribution in [-0.2, 0) is 6.54 Å². The first-order chi connectivity index (χ1) is 8.16. The first-order valence-electron chi connectivity index (χ1n) is 5.29. The zero-order chi connectivity index (χ0) is 12.3. The van der Waals surface area contributed by atoms with E-state index in [2.05, 4.69) is 10.3 Å². The van der Waals surface area contributed by atoms with Crippen molar-refractivity contribution in [3.05, 3.63) is 40.3 Å². The van der Waals surface area contributed by atoms with Crippen LogP contribution >= 0.6 is 11.3 Å². The Morgan fingerprint density at radius 3 is 2.94 bits per heavy atom. The van der Waals surface area contributed by atoms with Crippen LogP contribution in [0, 0.1) is 0 Å². The predicted octanol–water partition coefficient (Wildman–Crippen LogP) is 2.41. The Labute approximate surface area is 104 Å². The maximum absolute atomic E-state index is 9.70. The third-order valence-corrected chi connectivity index (χ3v) is 3.19. The van der Waals surface area contributed by atoms with E-state index in [0.29, 0.717) is 12.1 Å². The number of hydrogen-bond acceptors (Lipinski definition) is 5. The molecule has 0 aliphatic rings. The van der Waals surface area contributed by atoms with Gasteiger partial charge in [0.2, 0.25) is 0 Å². The van der Waals surface area contributed by atoms with E-state index < -0.39 is 0 Å². The Hall–Kier alpha value is -1.59. The van der Waals surface area contributed by atoms with Gasteiger partial charge in [-0.2, -0.15) is 0 Å². The second kappa shape index (κ2) is 5.16. The molecule has 4 nitrogen and oxygen atoms in total. The van der Waals surface area contributed by atoms with E-state index in [9.17, 15) is 10.2 Å². The van der Waals surface area contributed by atoms with Crippen LogP contribution in [0.25, 0.3) is 0 Å². The molecule has 0 spiro atoms. The molecule has 0 amide bonds. The van der Waals surface area contributed by atoms with Crippen LogP contribution in [0.15, 0.2) is 29.1 Å². The summed E-state index contributed by atoms with van der Waals surface area (Å²) in [7, 11) is 0. The largest absolute Gasteiger partial charge is 0.508 e. The van der Waals surface area contributed by atoms with Gasteiger partial charge in [0.05, 0.1) is 11.2 Å². The van der Waals surface area contributed by atoms with E-state index in [0.717, 1.165) is 5.69 Å². The van der Waals surface area contributed by atoms with Crippen molar-refractivity contribution in [2.24, 2.45) is 0 Å². The van der Waals surface area contributed by atoms with Gasteiger partial charge in [-0.1, -0.05) is 0 Å². The standard InChI is InChI=1S/C12H14N2O2S/c1-8(13-5-9-6-17-7-14-9)11-4-10(15)2-3-12(11)16/h2-4,6-8,13,15-16H,5H2,1H3. The van der Waals surface area contributed by atoms with E-state index in [1.807, 2.05) is 12.3 Å². The Morgan fingerprint density at radius 1 is 1.41 bits per heavy atom. The third-order valence-electron chi connectivity index (χ3n) is 2.55. The van der Waals surface area contributed by atoms with E-state index in [1.54, 1.807) is 22.9 Å². The molecule has 0 bridgehead atoms. The van der Waals surface area contributed by atoms with Gasteiger partial charge in [-0.3, -0.25) is 0 Å². The van der Waals surface area contributed by atoms with Crippen LogP contribution in [-0.4, -0.2) is 15.2 Å². The molecule has 2 aromatic rings. The molecular weight excluding hydrogens is 236 g/mol. The van der Waals surface area contributed by atoms with Crippen LogP contribution in [0.2, 0.25) is 0 Å². The topological polar surface area (TPSA) is 65.4 Å². The number of phenolic OH excluding ortho intramolecular Hbond substituents is 2. The third kappa shape index (κ3) is 2.95. The minimum Gasteiger partial charge on any atom is -0.508 e. The van der Waals surface area contributed by atoms with Crippen molar-refractivity contribution in [3.63, 3.8) is 0 Å². The first-order valence-corrected chi connectivity index (χ1v) is 6.23. The van der Waals surface area contributed by atoms with Gasteiger partial charge in [0.15, 0.2) is 0 Å². The van der Waals surface area contributed by atoms with Crippen LogP contribution in [0.5, 0.6) is 11.5 Å². The summed E-state index contributed by atoms with van der Waals surface area (Å²) in [4.78, 5) is 4.17. The number of phenols is 2. The van der Waals surface area contributed by atoms with Gasteiger partial charge in [0, 0.05) is 23.5 Å². The van der Waals surface area contributed by atoms with E-state index in [-0.39, 0.29) is 17.5 Å². The van der Waals surface area contributed by atoms with Gasteiger partial charge in [0.1, 0.15) is 11.5 Å². The number of hydrogen-bond donors (Lipinski definition) is 3. The first kappa shape index (κ1) is 11.9. The van der Waals surface area contributed by atoms with Crippen molar-refractivity contribution >= 4 is 11.3 Å². The second-order valence-corrected chi connectivity index (χ2v) is 4.54. The summed E-state index contributed by atoms with van der Waals surface area (Å²) in [5.41, 5.74) is 3.44. The van der Waals surface area contributed by atoms with Gasteiger partial charge in [0.25, 0.3) is 0 Å². The molecule has 1 unspecified atom stereocenters. The van der Waals surface area contributed by atoms with Gasteiger partial charge in [-0.05, 0) is 25.1 Å². The molecule has 0 saturated carbocycles. The molecular formula is C12H14N2O2S. The average Bonchev–Trinajstić information content (AvgIpc) is 2.82. The molecule has 17 heavy (non-hydrogen) atoms. The monoisotopic (exact) mass is 250 g/mol. The summed E-state index contributed by atoms with van der Waals surface area (Å²) in [6, 6.07) is 4.47. The summed E-state index contributed by atoms with van der Waals surface area (Å²) >= 11 is 1.55. The molecule has 1 aromatic carbocycles. The van der Waals surface area contributed by atoms with Gasteiger partial charge >= 0.3 is 0 Å². The summed E-state index contributed by atoms with van der Waals surface area (Å²) in [5, 5.41) is 24.3.